The third-order valence-corrected chi connectivity index (χ3v) is 3.81. The Balaban J connectivity index is 2.31. The van der Waals surface area contributed by atoms with Crippen molar-refractivity contribution in [2.24, 2.45) is 5.73 Å². The lowest BCUT2D eigenvalue weighted by Gasteiger charge is -2.34. The summed E-state index contributed by atoms with van der Waals surface area (Å²) >= 11 is 0. The van der Waals surface area contributed by atoms with Crippen molar-refractivity contribution < 1.29 is 4.79 Å². The molecule has 2 unspecified atom stereocenters. The molecular formula is C16H22N2O. The minimum atomic E-state index is -0.0615. The summed E-state index contributed by atoms with van der Waals surface area (Å²) in [5, 5.41) is 0. The van der Waals surface area contributed by atoms with Gasteiger partial charge in [0.05, 0.1) is 6.04 Å². The van der Waals surface area contributed by atoms with Crippen molar-refractivity contribution in [1.29, 1.82) is 0 Å². The summed E-state index contributed by atoms with van der Waals surface area (Å²) in [5.74, 6) is -0.0615. The highest BCUT2D eigenvalue weighted by molar-refractivity contribution is 6.01. The van der Waals surface area contributed by atoms with Crippen LogP contribution in [0.1, 0.15) is 32.1 Å². The maximum atomic E-state index is 12.2. The van der Waals surface area contributed by atoms with Crippen LogP contribution < -0.4 is 10.6 Å². The summed E-state index contributed by atoms with van der Waals surface area (Å²) in [6.07, 6.45) is 6.82. The van der Waals surface area contributed by atoms with Crippen LogP contribution in [-0.2, 0) is 4.79 Å². The zero-order chi connectivity index (χ0) is 13.7. The SMILES string of the molecule is C=CC(=O)N(c1ccccc1)C1CCCCCC1N. The van der Waals surface area contributed by atoms with Crippen molar-refractivity contribution in [3.05, 3.63) is 43.0 Å². The van der Waals surface area contributed by atoms with Gasteiger partial charge in [-0.15, -0.1) is 0 Å². The van der Waals surface area contributed by atoms with E-state index in [0.29, 0.717) is 0 Å². The number of para-hydroxylation sites is 1. The molecule has 3 heteroatoms. The number of nitrogens with zero attached hydrogens (tertiary/aromatic N) is 1. The molecular weight excluding hydrogens is 236 g/mol. The van der Waals surface area contributed by atoms with Crippen molar-refractivity contribution in [1.82, 2.24) is 0 Å². The summed E-state index contributed by atoms with van der Waals surface area (Å²) in [7, 11) is 0. The second kappa shape index (κ2) is 6.53. The molecule has 1 amide bonds. The highest BCUT2D eigenvalue weighted by atomic mass is 16.2. The summed E-state index contributed by atoms with van der Waals surface area (Å²) in [6, 6.07) is 9.88. The summed E-state index contributed by atoms with van der Waals surface area (Å²) in [6.45, 7) is 3.62. The van der Waals surface area contributed by atoms with E-state index in [2.05, 4.69) is 6.58 Å². The van der Waals surface area contributed by atoms with Crippen LogP contribution in [0.2, 0.25) is 0 Å². The Morgan fingerprint density at radius 2 is 1.89 bits per heavy atom. The van der Waals surface area contributed by atoms with Crippen molar-refractivity contribution in [2.75, 3.05) is 4.90 Å². The molecule has 0 saturated heterocycles. The lowest BCUT2D eigenvalue weighted by Crippen LogP contribution is -2.49. The van der Waals surface area contributed by atoms with Gasteiger partial charge in [0.25, 0.3) is 5.91 Å². The molecule has 0 heterocycles. The minimum Gasteiger partial charge on any atom is -0.326 e. The summed E-state index contributed by atoms with van der Waals surface area (Å²) in [4.78, 5) is 14.0. The van der Waals surface area contributed by atoms with Crippen LogP contribution in [0.5, 0.6) is 0 Å². The summed E-state index contributed by atoms with van der Waals surface area (Å²) in [5.41, 5.74) is 7.19. The van der Waals surface area contributed by atoms with Crippen LogP contribution >= 0.6 is 0 Å². The standard InChI is InChI=1S/C16H22N2O/c1-2-16(19)18(13-9-5-3-6-10-13)15-12-8-4-7-11-14(15)17/h2-3,5-6,9-10,14-15H,1,4,7-8,11-12,17H2. The molecule has 2 N–H and O–H groups in total. The topological polar surface area (TPSA) is 46.3 Å². The molecule has 2 rings (SSSR count). The average molecular weight is 258 g/mol. The van der Waals surface area contributed by atoms with Gasteiger partial charge in [-0.3, -0.25) is 4.79 Å². The van der Waals surface area contributed by atoms with E-state index in [4.69, 9.17) is 5.73 Å². The van der Waals surface area contributed by atoms with Gasteiger partial charge in [0.1, 0.15) is 0 Å². The van der Waals surface area contributed by atoms with E-state index < -0.39 is 0 Å². The van der Waals surface area contributed by atoms with Gasteiger partial charge >= 0.3 is 0 Å². The zero-order valence-electron chi connectivity index (χ0n) is 11.3. The van der Waals surface area contributed by atoms with E-state index in [9.17, 15) is 4.79 Å². The smallest absolute Gasteiger partial charge is 0.250 e. The van der Waals surface area contributed by atoms with Gasteiger partial charge in [0.2, 0.25) is 0 Å². The second-order valence-electron chi connectivity index (χ2n) is 5.12. The molecule has 102 valence electrons. The van der Waals surface area contributed by atoms with Gasteiger partial charge in [-0.1, -0.05) is 44.0 Å². The van der Waals surface area contributed by atoms with Crippen molar-refractivity contribution in [3.63, 3.8) is 0 Å². The average Bonchev–Trinajstić information content (AvgIpc) is 2.66. The fourth-order valence-electron chi connectivity index (χ4n) is 2.81. The number of nitrogens with two attached hydrogens (primary N) is 1. The molecule has 1 aromatic rings. The van der Waals surface area contributed by atoms with Gasteiger partial charge in [0.15, 0.2) is 0 Å². The molecule has 19 heavy (non-hydrogen) atoms. The Kier molecular flexibility index (Phi) is 4.74. The molecule has 1 aliphatic rings. The molecule has 0 aromatic heterocycles. The first-order valence-electron chi connectivity index (χ1n) is 7.00. The van der Waals surface area contributed by atoms with Gasteiger partial charge in [0, 0.05) is 11.7 Å². The Bertz CT molecular complexity index is 430. The molecule has 1 fully saturated rings. The van der Waals surface area contributed by atoms with Gasteiger partial charge in [-0.25, -0.2) is 0 Å². The molecule has 0 aliphatic heterocycles. The highest BCUT2D eigenvalue weighted by Gasteiger charge is 2.29. The second-order valence-corrected chi connectivity index (χ2v) is 5.12. The Morgan fingerprint density at radius 3 is 2.58 bits per heavy atom. The summed E-state index contributed by atoms with van der Waals surface area (Å²) < 4.78 is 0. The number of anilines is 1. The first-order chi connectivity index (χ1) is 9.24. The number of hydrogen-bond donors (Lipinski definition) is 1. The molecule has 0 radical (unpaired) electrons. The van der Waals surface area contributed by atoms with Crippen LogP contribution in [0.4, 0.5) is 5.69 Å². The monoisotopic (exact) mass is 258 g/mol. The lowest BCUT2D eigenvalue weighted by atomic mass is 10.0. The normalized spacial score (nSPS) is 23.4. The third kappa shape index (κ3) is 3.24. The van der Waals surface area contributed by atoms with Crippen molar-refractivity contribution in [3.8, 4) is 0 Å². The van der Waals surface area contributed by atoms with Gasteiger partial charge in [-0.2, -0.15) is 0 Å². The number of amides is 1. The van der Waals surface area contributed by atoms with Crippen LogP contribution in [0, 0.1) is 0 Å². The number of carbonyl (C=O) groups is 1. The van der Waals surface area contributed by atoms with E-state index in [1.165, 1.54) is 12.5 Å². The van der Waals surface area contributed by atoms with E-state index in [-0.39, 0.29) is 18.0 Å². The van der Waals surface area contributed by atoms with Crippen LogP contribution in [-0.4, -0.2) is 18.0 Å². The zero-order valence-corrected chi connectivity index (χ0v) is 11.3. The Morgan fingerprint density at radius 1 is 1.21 bits per heavy atom. The van der Waals surface area contributed by atoms with Crippen LogP contribution in [0.15, 0.2) is 43.0 Å². The molecule has 0 bridgehead atoms. The molecule has 0 spiro atoms. The van der Waals surface area contributed by atoms with Crippen molar-refractivity contribution >= 4 is 11.6 Å². The largest absolute Gasteiger partial charge is 0.326 e. The van der Waals surface area contributed by atoms with E-state index in [1.807, 2.05) is 35.2 Å². The number of benzene rings is 1. The van der Waals surface area contributed by atoms with E-state index in [0.717, 1.165) is 31.4 Å². The lowest BCUT2D eigenvalue weighted by molar-refractivity contribution is -0.114. The number of rotatable bonds is 3. The van der Waals surface area contributed by atoms with E-state index >= 15 is 0 Å². The maximum absolute atomic E-state index is 12.2. The predicted molar refractivity (Wildman–Crippen MR) is 79.0 cm³/mol. The fourth-order valence-corrected chi connectivity index (χ4v) is 2.81. The Labute approximate surface area is 115 Å². The maximum Gasteiger partial charge on any atom is 0.250 e. The number of carbonyl (C=O) groups excluding carboxylic acids is 1. The quantitative estimate of drug-likeness (QED) is 0.669. The molecule has 3 nitrogen and oxygen atoms in total. The number of hydrogen-bond acceptors (Lipinski definition) is 2. The highest BCUT2D eigenvalue weighted by Crippen LogP contribution is 2.26. The molecule has 2 atom stereocenters. The van der Waals surface area contributed by atoms with Crippen LogP contribution in [0.25, 0.3) is 0 Å². The first kappa shape index (κ1) is 13.8. The predicted octanol–water partition coefficient (Wildman–Crippen LogP) is 2.87. The minimum absolute atomic E-state index is 0.0478. The van der Waals surface area contributed by atoms with E-state index in [1.54, 1.807) is 0 Å². The van der Waals surface area contributed by atoms with Gasteiger partial charge < -0.3 is 10.6 Å². The fraction of sp³-hybridized carbons (Fsp3) is 0.438. The first-order valence-corrected chi connectivity index (χ1v) is 7.00. The van der Waals surface area contributed by atoms with Gasteiger partial charge in [-0.05, 0) is 31.1 Å². The molecule has 1 aliphatic carbocycles. The third-order valence-electron chi connectivity index (χ3n) is 3.81. The van der Waals surface area contributed by atoms with Crippen molar-refractivity contribution in [2.45, 2.75) is 44.2 Å². The molecule has 1 aromatic carbocycles. The van der Waals surface area contributed by atoms with Crippen LogP contribution in [0.3, 0.4) is 0 Å². The molecule has 1 saturated carbocycles. The Hall–Kier alpha value is -1.61.